The average molecular weight is 328 g/mol. The van der Waals surface area contributed by atoms with E-state index in [4.69, 9.17) is 10.5 Å². The first-order valence-corrected chi connectivity index (χ1v) is 10.2. The molecule has 0 aromatic rings. The summed E-state index contributed by atoms with van der Waals surface area (Å²) in [5.41, 5.74) is 4.90. The van der Waals surface area contributed by atoms with Crippen LogP contribution in [0.15, 0.2) is 0 Å². The van der Waals surface area contributed by atoms with Crippen molar-refractivity contribution in [1.29, 1.82) is 0 Å². The minimum atomic E-state index is -0.651. The Morgan fingerprint density at radius 1 is 0.609 bits per heavy atom. The maximum absolute atomic E-state index is 10.4. The molecule has 0 spiro atoms. The SMILES string of the molecule is CCCCCCCCCCCCCCCCCCCOC(N)=O. The Labute approximate surface area is 144 Å². The summed E-state index contributed by atoms with van der Waals surface area (Å²) in [6.07, 6.45) is 22.4. The molecule has 0 atom stereocenters. The van der Waals surface area contributed by atoms with Gasteiger partial charge in [0.1, 0.15) is 0 Å². The summed E-state index contributed by atoms with van der Waals surface area (Å²) in [7, 11) is 0. The summed E-state index contributed by atoms with van der Waals surface area (Å²) >= 11 is 0. The maximum atomic E-state index is 10.4. The average Bonchev–Trinajstić information content (AvgIpc) is 2.53. The number of hydrogen-bond acceptors (Lipinski definition) is 2. The van der Waals surface area contributed by atoms with Gasteiger partial charge >= 0.3 is 6.09 Å². The fourth-order valence-corrected chi connectivity index (χ4v) is 3.00. The number of unbranched alkanes of at least 4 members (excludes halogenated alkanes) is 16. The summed E-state index contributed by atoms with van der Waals surface area (Å²) in [5, 5.41) is 0. The largest absolute Gasteiger partial charge is 0.450 e. The summed E-state index contributed by atoms with van der Waals surface area (Å²) < 4.78 is 4.70. The van der Waals surface area contributed by atoms with Crippen molar-refractivity contribution in [2.75, 3.05) is 6.61 Å². The molecule has 0 bridgehead atoms. The van der Waals surface area contributed by atoms with Crippen molar-refractivity contribution < 1.29 is 9.53 Å². The molecule has 23 heavy (non-hydrogen) atoms. The molecule has 0 aliphatic rings. The van der Waals surface area contributed by atoms with Gasteiger partial charge in [-0.3, -0.25) is 0 Å². The summed E-state index contributed by atoms with van der Waals surface area (Å²) in [5.74, 6) is 0. The molecule has 0 aliphatic carbocycles. The number of carbonyl (C=O) groups excluding carboxylic acids is 1. The van der Waals surface area contributed by atoms with Crippen LogP contribution in [-0.4, -0.2) is 12.7 Å². The predicted octanol–water partition coefficient (Wildman–Crippen LogP) is 6.73. The predicted molar refractivity (Wildman–Crippen MR) is 99.7 cm³/mol. The molecule has 0 heterocycles. The van der Waals surface area contributed by atoms with Crippen molar-refractivity contribution in [3.63, 3.8) is 0 Å². The van der Waals surface area contributed by atoms with Crippen molar-refractivity contribution in [2.24, 2.45) is 5.73 Å². The minimum Gasteiger partial charge on any atom is -0.450 e. The molecule has 0 unspecified atom stereocenters. The fourth-order valence-electron chi connectivity index (χ4n) is 3.00. The Balaban J connectivity index is 2.96. The maximum Gasteiger partial charge on any atom is 0.404 e. The molecule has 2 N–H and O–H groups in total. The van der Waals surface area contributed by atoms with Crippen LogP contribution in [0.5, 0.6) is 0 Å². The first-order valence-electron chi connectivity index (χ1n) is 10.2. The molecular formula is C20H41NO2. The van der Waals surface area contributed by atoms with Crippen molar-refractivity contribution in [3.05, 3.63) is 0 Å². The lowest BCUT2D eigenvalue weighted by molar-refractivity contribution is 0.154. The standard InChI is InChI=1S/C20H41NO2/c1-2-3-4-5-6-7-8-9-10-11-12-13-14-15-16-17-18-19-23-20(21)22/h2-19H2,1H3,(H2,21,22). The van der Waals surface area contributed by atoms with Crippen LogP contribution in [0.25, 0.3) is 0 Å². The number of carbonyl (C=O) groups is 1. The summed E-state index contributed by atoms with van der Waals surface area (Å²) in [4.78, 5) is 10.4. The molecule has 3 heteroatoms. The lowest BCUT2D eigenvalue weighted by Gasteiger charge is -2.04. The Kier molecular flexibility index (Phi) is 18.7. The van der Waals surface area contributed by atoms with E-state index in [9.17, 15) is 4.79 Å². The van der Waals surface area contributed by atoms with Crippen LogP contribution in [0.3, 0.4) is 0 Å². The van der Waals surface area contributed by atoms with Crippen molar-refractivity contribution >= 4 is 6.09 Å². The second kappa shape index (κ2) is 19.3. The van der Waals surface area contributed by atoms with Gasteiger partial charge in [0.15, 0.2) is 0 Å². The Hall–Kier alpha value is -0.730. The van der Waals surface area contributed by atoms with Crippen LogP contribution in [0, 0.1) is 0 Å². The van der Waals surface area contributed by atoms with E-state index in [1.165, 1.54) is 96.3 Å². The van der Waals surface area contributed by atoms with Gasteiger partial charge in [-0.15, -0.1) is 0 Å². The third-order valence-electron chi connectivity index (χ3n) is 4.49. The Bertz CT molecular complexity index is 244. The number of ether oxygens (including phenoxy) is 1. The highest BCUT2D eigenvalue weighted by Gasteiger charge is 1.96. The van der Waals surface area contributed by atoms with Crippen molar-refractivity contribution in [3.8, 4) is 0 Å². The molecule has 0 aromatic heterocycles. The van der Waals surface area contributed by atoms with Gasteiger partial charge in [-0.2, -0.15) is 0 Å². The smallest absolute Gasteiger partial charge is 0.404 e. The topological polar surface area (TPSA) is 52.3 Å². The highest BCUT2D eigenvalue weighted by Crippen LogP contribution is 2.13. The monoisotopic (exact) mass is 327 g/mol. The molecule has 0 fully saturated rings. The first-order chi connectivity index (χ1) is 11.3. The van der Waals surface area contributed by atoms with Gasteiger partial charge in [-0.05, 0) is 6.42 Å². The van der Waals surface area contributed by atoms with E-state index in [0.717, 1.165) is 12.8 Å². The Morgan fingerprint density at radius 3 is 1.22 bits per heavy atom. The fraction of sp³-hybridized carbons (Fsp3) is 0.950. The highest BCUT2D eigenvalue weighted by molar-refractivity contribution is 5.64. The molecule has 0 rings (SSSR count). The second-order valence-electron chi connectivity index (χ2n) is 6.82. The number of nitrogens with two attached hydrogens (primary N) is 1. The quantitative estimate of drug-likeness (QED) is 0.284. The van der Waals surface area contributed by atoms with E-state index in [1.54, 1.807) is 0 Å². The zero-order valence-corrected chi connectivity index (χ0v) is 15.6. The van der Waals surface area contributed by atoms with Crippen LogP contribution < -0.4 is 5.73 Å². The molecule has 0 saturated carbocycles. The van der Waals surface area contributed by atoms with Crippen LogP contribution in [-0.2, 0) is 4.74 Å². The van der Waals surface area contributed by atoms with E-state index in [2.05, 4.69) is 6.92 Å². The number of rotatable bonds is 18. The van der Waals surface area contributed by atoms with Crippen LogP contribution in [0.1, 0.15) is 116 Å². The van der Waals surface area contributed by atoms with E-state index >= 15 is 0 Å². The lowest BCUT2D eigenvalue weighted by Crippen LogP contribution is -2.13. The lowest BCUT2D eigenvalue weighted by atomic mass is 10.0. The van der Waals surface area contributed by atoms with Gasteiger partial charge in [-0.1, -0.05) is 110 Å². The Morgan fingerprint density at radius 2 is 0.913 bits per heavy atom. The van der Waals surface area contributed by atoms with Gasteiger partial charge in [0.2, 0.25) is 0 Å². The van der Waals surface area contributed by atoms with Gasteiger partial charge in [0, 0.05) is 0 Å². The van der Waals surface area contributed by atoms with E-state index in [-0.39, 0.29) is 0 Å². The first kappa shape index (κ1) is 22.3. The normalized spacial score (nSPS) is 10.8. The van der Waals surface area contributed by atoms with Crippen molar-refractivity contribution in [1.82, 2.24) is 0 Å². The highest BCUT2D eigenvalue weighted by atomic mass is 16.5. The van der Waals surface area contributed by atoms with Crippen LogP contribution >= 0.6 is 0 Å². The molecule has 138 valence electrons. The van der Waals surface area contributed by atoms with E-state index < -0.39 is 6.09 Å². The summed E-state index contributed by atoms with van der Waals surface area (Å²) in [6.45, 7) is 2.76. The van der Waals surface area contributed by atoms with Gasteiger partial charge < -0.3 is 10.5 Å². The summed E-state index contributed by atoms with van der Waals surface area (Å²) in [6, 6.07) is 0. The van der Waals surface area contributed by atoms with Gasteiger partial charge in [0.25, 0.3) is 0 Å². The molecule has 0 radical (unpaired) electrons. The van der Waals surface area contributed by atoms with E-state index in [1.807, 2.05) is 0 Å². The van der Waals surface area contributed by atoms with Gasteiger partial charge in [0.05, 0.1) is 6.61 Å². The zero-order valence-electron chi connectivity index (χ0n) is 15.6. The number of hydrogen-bond donors (Lipinski definition) is 1. The molecule has 0 aromatic carbocycles. The number of primary amides is 1. The molecule has 0 saturated heterocycles. The van der Waals surface area contributed by atoms with Crippen LogP contribution in [0.4, 0.5) is 4.79 Å². The van der Waals surface area contributed by atoms with Crippen molar-refractivity contribution in [2.45, 2.75) is 116 Å². The number of amides is 1. The zero-order chi connectivity index (χ0) is 17.0. The molecular weight excluding hydrogens is 286 g/mol. The van der Waals surface area contributed by atoms with Gasteiger partial charge in [-0.25, -0.2) is 4.79 Å². The third kappa shape index (κ3) is 21.3. The second-order valence-corrected chi connectivity index (χ2v) is 6.82. The minimum absolute atomic E-state index is 0.480. The molecule has 0 aliphatic heterocycles. The molecule has 3 nitrogen and oxygen atoms in total. The van der Waals surface area contributed by atoms with E-state index in [0.29, 0.717) is 6.61 Å². The molecule has 1 amide bonds. The van der Waals surface area contributed by atoms with Crippen LogP contribution in [0.2, 0.25) is 0 Å². The third-order valence-corrected chi connectivity index (χ3v) is 4.49.